The first-order valence-electron chi connectivity index (χ1n) is 5.31. The lowest BCUT2D eigenvalue weighted by atomic mass is 10.5. The Morgan fingerprint density at radius 3 is 1.36 bits per heavy atom. The number of ether oxygens (including phenoxy) is 2. The van der Waals surface area contributed by atoms with Crippen molar-refractivity contribution in [3.05, 3.63) is 0 Å². The van der Waals surface area contributed by atoms with Crippen LogP contribution in [0.2, 0.25) is 0 Å². The molecular weight excluding hydrogens is 184 g/mol. The van der Waals surface area contributed by atoms with Crippen LogP contribution in [0.15, 0.2) is 0 Å². The van der Waals surface area contributed by atoms with Gasteiger partial charge in [-0.1, -0.05) is 13.8 Å². The molecule has 0 aromatic carbocycles. The van der Waals surface area contributed by atoms with Crippen molar-refractivity contribution in [3.8, 4) is 0 Å². The van der Waals surface area contributed by atoms with Gasteiger partial charge in [0, 0.05) is 13.2 Å². The molecule has 0 atom stereocenters. The van der Waals surface area contributed by atoms with Gasteiger partial charge in [-0.05, 0) is 12.8 Å². The van der Waals surface area contributed by atoms with Gasteiger partial charge in [-0.3, -0.25) is 0 Å². The Hall–Kier alpha value is -0.160. The Kier molecular flexibility index (Phi) is 12.7. The molecule has 0 N–H and O–H groups in total. The van der Waals surface area contributed by atoms with Crippen molar-refractivity contribution in [2.24, 2.45) is 0 Å². The van der Waals surface area contributed by atoms with Crippen molar-refractivity contribution in [1.82, 2.24) is 0 Å². The molecule has 0 saturated carbocycles. The maximum absolute atomic E-state index is 5.19. The van der Waals surface area contributed by atoms with E-state index in [0.717, 1.165) is 26.1 Å². The van der Waals surface area contributed by atoms with E-state index in [1.54, 1.807) is 0 Å². The van der Waals surface area contributed by atoms with Crippen LogP contribution < -0.4 is 0 Å². The van der Waals surface area contributed by atoms with Gasteiger partial charge >= 0.3 is 0 Å². The molecule has 86 valence electrons. The maximum Gasteiger partial charge on any atom is 0.106 e. The minimum absolute atomic E-state index is 0.480. The molecule has 4 heteroatoms. The van der Waals surface area contributed by atoms with Crippen LogP contribution >= 0.6 is 0 Å². The van der Waals surface area contributed by atoms with Gasteiger partial charge in [0.1, 0.15) is 13.2 Å². The molecular formula is C10H22O4. The average molecular weight is 206 g/mol. The Bertz CT molecular complexity index is 86.1. The van der Waals surface area contributed by atoms with Crippen molar-refractivity contribution >= 4 is 0 Å². The van der Waals surface area contributed by atoms with Gasteiger partial charge in [0.2, 0.25) is 0 Å². The standard InChI is InChI=1S/C10H22O4/c1-3-5-11-7-9-13-14-10-8-12-6-4-2/h3-10H2,1-2H3. The summed E-state index contributed by atoms with van der Waals surface area (Å²) in [4.78, 5) is 9.71. The summed E-state index contributed by atoms with van der Waals surface area (Å²) in [5.74, 6) is 0. The van der Waals surface area contributed by atoms with E-state index < -0.39 is 0 Å². The van der Waals surface area contributed by atoms with Gasteiger partial charge in [-0.25, -0.2) is 9.78 Å². The summed E-state index contributed by atoms with van der Waals surface area (Å²) in [5, 5.41) is 0. The van der Waals surface area contributed by atoms with E-state index in [4.69, 9.17) is 19.2 Å². The Labute approximate surface area is 86.4 Å². The summed E-state index contributed by atoms with van der Waals surface area (Å²) in [6.45, 7) is 7.84. The third kappa shape index (κ3) is 11.8. The van der Waals surface area contributed by atoms with Crippen molar-refractivity contribution in [3.63, 3.8) is 0 Å². The molecule has 0 saturated heterocycles. The average Bonchev–Trinajstić information content (AvgIpc) is 2.21. The largest absolute Gasteiger partial charge is 0.379 e. The third-order valence-electron chi connectivity index (χ3n) is 1.40. The van der Waals surface area contributed by atoms with Crippen molar-refractivity contribution < 1.29 is 19.2 Å². The molecule has 0 heterocycles. The molecule has 0 aliphatic heterocycles. The molecule has 0 spiro atoms. The van der Waals surface area contributed by atoms with E-state index in [9.17, 15) is 0 Å². The molecule has 14 heavy (non-hydrogen) atoms. The maximum atomic E-state index is 5.19. The Morgan fingerprint density at radius 2 is 1.00 bits per heavy atom. The fraction of sp³-hybridized carbons (Fsp3) is 1.00. The number of hydrogen-bond acceptors (Lipinski definition) is 4. The number of hydrogen-bond donors (Lipinski definition) is 0. The quantitative estimate of drug-likeness (QED) is 0.293. The van der Waals surface area contributed by atoms with Crippen molar-refractivity contribution in [1.29, 1.82) is 0 Å². The molecule has 0 rings (SSSR count). The normalized spacial score (nSPS) is 10.7. The second-order valence-corrected chi connectivity index (χ2v) is 2.87. The molecule has 4 nitrogen and oxygen atoms in total. The molecule has 0 aromatic rings. The minimum Gasteiger partial charge on any atom is -0.379 e. The van der Waals surface area contributed by atoms with E-state index in [1.165, 1.54) is 0 Å². The zero-order chi connectivity index (χ0) is 10.5. The highest BCUT2D eigenvalue weighted by Gasteiger charge is 1.90. The molecule has 0 aromatic heterocycles. The summed E-state index contributed by atoms with van der Waals surface area (Å²) in [5.41, 5.74) is 0. The zero-order valence-corrected chi connectivity index (χ0v) is 9.29. The van der Waals surface area contributed by atoms with Gasteiger partial charge in [-0.2, -0.15) is 0 Å². The first-order valence-corrected chi connectivity index (χ1v) is 5.31. The summed E-state index contributed by atoms with van der Waals surface area (Å²) in [7, 11) is 0. The summed E-state index contributed by atoms with van der Waals surface area (Å²) in [6, 6.07) is 0. The van der Waals surface area contributed by atoms with Crippen molar-refractivity contribution in [2.45, 2.75) is 26.7 Å². The lowest BCUT2D eigenvalue weighted by Gasteiger charge is -2.05. The van der Waals surface area contributed by atoms with E-state index in [0.29, 0.717) is 26.4 Å². The van der Waals surface area contributed by atoms with Crippen LogP contribution in [0.3, 0.4) is 0 Å². The van der Waals surface area contributed by atoms with Gasteiger partial charge in [0.25, 0.3) is 0 Å². The van der Waals surface area contributed by atoms with Crippen LogP contribution in [0.5, 0.6) is 0 Å². The van der Waals surface area contributed by atoms with Crippen LogP contribution in [0.1, 0.15) is 26.7 Å². The monoisotopic (exact) mass is 206 g/mol. The Morgan fingerprint density at radius 1 is 0.571 bits per heavy atom. The van der Waals surface area contributed by atoms with Crippen LogP contribution in [0, 0.1) is 0 Å². The fourth-order valence-electron chi connectivity index (χ4n) is 0.797. The predicted molar refractivity (Wildman–Crippen MR) is 54.1 cm³/mol. The molecule has 0 aliphatic rings. The smallest absolute Gasteiger partial charge is 0.106 e. The number of rotatable bonds is 11. The van der Waals surface area contributed by atoms with E-state index in [2.05, 4.69) is 13.8 Å². The third-order valence-corrected chi connectivity index (χ3v) is 1.40. The molecule has 0 radical (unpaired) electrons. The SMILES string of the molecule is CCCOCCOOCCOCCC. The van der Waals surface area contributed by atoms with Crippen LogP contribution in [0.4, 0.5) is 0 Å². The Balaban J connectivity index is 2.78. The fourth-order valence-corrected chi connectivity index (χ4v) is 0.797. The molecule has 0 unspecified atom stereocenters. The first kappa shape index (κ1) is 13.8. The first-order chi connectivity index (χ1) is 6.91. The molecule has 0 amide bonds. The van der Waals surface area contributed by atoms with E-state index in [-0.39, 0.29) is 0 Å². The molecule has 0 fully saturated rings. The zero-order valence-electron chi connectivity index (χ0n) is 9.29. The van der Waals surface area contributed by atoms with Crippen LogP contribution in [-0.2, 0) is 19.2 Å². The highest BCUT2D eigenvalue weighted by atomic mass is 17.2. The predicted octanol–water partition coefficient (Wildman–Crippen LogP) is 1.79. The minimum atomic E-state index is 0.480. The van der Waals surface area contributed by atoms with Gasteiger partial charge < -0.3 is 9.47 Å². The highest BCUT2D eigenvalue weighted by Crippen LogP contribution is 1.85. The van der Waals surface area contributed by atoms with E-state index in [1.807, 2.05) is 0 Å². The van der Waals surface area contributed by atoms with Gasteiger partial charge in [0.05, 0.1) is 13.2 Å². The second-order valence-electron chi connectivity index (χ2n) is 2.87. The summed E-state index contributed by atoms with van der Waals surface area (Å²) >= 11 is 0. The highest BCUT2D eigenvalue weighted by molar-refractivity contribution is 4.28. The van der Waals surface area contributed by atoms with Crippen LogP contribution in [-0.4, -0.2) is 39.6 Å². The lowest BCUT2D eigenvalue weighted by molar-refractivity contribution is -0.303. The molecule has 0 bridgehead atoms. The molecule has 0 aliphatic carbocycles. The second kappa shape index (κ2) is 12.8. The van der Waals surface area contributed by atoms with Crippen LogP contribution in [0.25, 0.3) is 0 Å². The lowest BCUT2D eigenvalue weighted by Crippen LogP contribution is -2.09. The van der Waals surface area contributed by atoms with Crippen molar-refractivity contribution in [2.75, 3.05) is 39.6 Å². The van der Waals surface area contributed by atoms with Gasteiger partial charge in [-0.15, -0.1) is 0 Å². The van der Waals surface area contributed by atoms with E-state index >= 15 is 0 Å². The summed E-state index contributed by atoms with van der Waals surface area (Å²) in [6.07, 6.45) is 2.07. The van der Waals surface area contributed by atoms with Gasteiger partial charge in [0.15, 0.2) is 0 Å². The summed E-state index contributed by atoms with van der Waals surface area (Å²) < 4.78 is 10.4. The topological polar surface area (TPSA) is 36.9 Å².